The third-order valence-electron chi connectivity index (χ3n) is 3.46. The minimum absolute atomic E-state index is 0.263. The molecule has 1 saturated carbocycles. The number of hydrogen-bond acceptors (Lipinski definition) is 4. The molecule has 0 aliphatic heterocycles. The number of nitrogens with zero attached hydrogens (tertiary/aromatic N) is 2. The number of methoxy groups -OCH3 is 1. The van der Waals surface area contributed by atoms with Crippen molar-refractivity contribution < 1.29 is 4.74 Å². The SMILES string of the molecule is CNc1nc(C2(OC)CCCC2)nc(C)c1I. The zero-order valence-electron chi connectivity index (χ0n) is 10.5. The standard InChI is InChI=1S/C12H18IN3O/c1-8-9(13)10(14-2)16-11(15-8)12(17-3)6-4-5-7-12/h4-7H2,1-3H3,(H,14,15,16). The van der Waals surface area contributed by atoms with Crippen molar-refractivity contribution in [1.29, 1.82) is 0 Å². The van der Waals surface area contributed by atoms with Gasteiger partial charge in [-0.3, -0.25) is 0 Å². The van der Waals surface area contributed by atoms with E-state index in [4.69, 9.17) is 4.74 Å². The molecule has 0 saturated heterocycles. The van der Waals surface area contributed by atoms with Gasteiger partial charge in [-0.1, -0.05) is 0 Å². The van der Waals surface area contributed by atoms with Crippen molar-refractivity contribution in [2.45, 2.75) is 38.2 Å². The van der Waals surface area contributed by atoms with E-state index in [1.165, 1.54) is 12.8 Å². The van der Waals surface area contributed by atoms with Gasteiger partial charge in [0.2, 0.25) is 0 Å². The van der Waals surface area contributed by atoms with E-state index in [0.29, 0.717) is 0 Å². The van der Waals surface area contributed by atoms with Crippen LogP contribution in [-0.2, 0) is 10.3 Å². The highest BCUT2D eigenvalue weighted by Gasteiger charge is 2.39. The predicted molar refractivity (Wildman–Crippen MR) is 76.2 cm³/mol. The highest BCUT2D eigenvalue weighted by atomic mass is 127. The summed E-state index contributed by atoms with van der Waals surface area (Å²) in [7, 11) is 3.66. The number of ether oxygens (including phenoxy) is 1. The molecule has 94 valence electrons. The fourth-order valence-corrected chi connectivity index (χ4v) is 2.90. The highest BCUT2D eigenvalue weighted by Crippen LogP contribution is 2.40. The van der Waals surface area contributed by atoms with Gasteiger partial charge in [0.1, 0.15) is 11.4 Å². The maximum absolute atomic E-state index is 5.72. The van der Waals surface area contributed by atoms with E-state index >= 15 is 0 Å². The van der Waals surface area contributed by atoms with Gasteiger partial charge in [-0.25, -0.2) is 9.97 Å². The summed E-state index contributed by atoms with van der Waals surface area (Å²) in [5.74, 6) is 1.73. The van der Waals surface area contributed by atoms with E-state index in [-0.39, 0.29) is 5.60 Å². The third-order valence-corrected chi connectivity index (χ3v) is 4.75. The third kappa shape index (κ3) is 2.27. The molecule has 0 atom stereocenters. The molecule has 4 nitrogen and oxygen atoms in total. The molecule has 0 radical (unpaired) electrons. The van der Waals surface area contributed by atoms with Crippen molar-refractivity contribution in [2.75, 3.05) is 19.5 Å². The molecule has 1 aromatic heterocycles. The van der Waals surface area contributed by atoms with Gasteiger partial charge in [0, 0.05) is 14.2 Å². The summed E-state index contributed by atoms with van der Waals surface area (Å²) in [5.41, 5.74) is 0.754. The Balaban J connectivity index is 2.48. The molecule has 0 aromatic carbocycles. The number of nitrogens with one attached hydrogen (secondary N) is 1. The summed E-state index contributed by atoms with van der Waals surface area (Å²) < 4.78 is 6.81. The highest BCUT2D eigenvalue weighted by molar-refractivity contribution is 14.1. The number of halogens is 1. The number of aryl methyl sites for hydroxylation is 1. The molecule has 0 unspecified atom stereocenters. The first-order valence-electron chi connectivity index (χ1n) is 5.90. The summed E-state index contributed by atoms with van der Waals surface area (Å²) in [6.07, 6.45) is 4.42. The van der Waals surface area contributed by atoms with Crippen molar-refractivity contribution in [1.82, 2.24) is 9.97 Å². The Kier molecular flexibility index (Phi) is 3.87. The number of aromatic nitrogens is 2. The van der Waals surface area contributed by atoms with Gasteiger partial charge < -0.3 is 10.1 Å². The van der Waals surface area contributed by atoms with Gasteiger partial charge in [-0.2, -0.15) is 0 Å². The van der Waals surface area contributed by atoms with Crippen LogP contribution in [0.4, 0.5) is 5.82 Å². The van der Waals surface area contributed by atoms with Crippen LogP contribution < -0.4 is 5.32 Å². The van der Waals surface area contributed by atoms with Gasteiger partial charge in [0.15, 0.2) is 5.82 Å². The van der Waals surface area contributed by atoms with E-state index in [1.54, 1.807) is 7.11 Å². The maximum Gasteiger partial charge on any atom is 0.162 e. The van der Waals surface area contributed by atoms with E-state index in [1.807, 2.05) is 14.0 Å². The second-order valence-electron chi connectivity index (χ2n) is 4.45. The first-order valence-corrected chi connectivity index (χ1v) is 6.98. The normalized spacial score (nSPS) is 18.4. The molecule has 0 bridgehead atoms. The molecule has 1 aliphatic carbocycles. The van der Waals surface area contributed by atoms with Gasteiger partial charge in [-0.15, -0.1) is 0 Å². The van der Waals surface area contributed by atoms with Crippen LogP contribution >= 0.6 is 22.6 Å². The van der Waals surface area contributed by atoms with Gasteiger partial charge in [0.05, 0.1) is 9.26 Å². The molecule has 1 fully saturated rings. The Labute approximate surface area is 116 Å². The van der Waals surface area contributed by atoms with Crippen molar-refractivity contribution in [3.63, 3.8) is 0 Å². The monoisotopic (exact) mass is 347 g/mol. The lowest BCUT2D eigenvalue weighted by molar-refractivity contribution is -0.0163. The van der Waals surface area contributed by atoms with Crippen LogP contribution in [0.3, 0.4) is 0 Å². The molecule has 0 spiro atoms. The van der Waals surface area contributed by atoms with E-state index < -0.39 is 0 Å². The number of anilines is 1. The predicted octanol–water partition coefficient (Wildman–Crippen LogP) is 2.85. The van der Waals surface area contributed by atoms with Crippen LogP contribution in [-0.4, -0.2) is 24.1 Å². The summed E-state index contributed by atoms with van der Waals surface area (Å²) >= 11 is 2.27. The Morgan fingerprint density at radius 1 is 1.29 bits per heavy atom. The van der Waals surface area contributed by atoms with Gasteiger partial charge in [-0.05, 0) is 55.2 Å². The minimum Gasteiger partial charge on any atom is -0.372 e. The fourth-order valence-electron chi connectivity index (χ4n) is 2.39. The maximum atomic E-state index is 5.72. The Bertz CT molecular complexity index is 416. The summed E-state index contributed by atoms with van der Waals surface area (Å²) in [6.45, 7) is 2.02. The fraction of sp³-hybridized carbons (Fsp3) is 0.667. The van der Waals surface area contributed by atoms with Crippen LogP contribution in [0, 0.1) is 10.5 Å². The van der Waals surface area contributed by atoms with Crippen LogP contribution in [0.1, 0.15) is 37.2 Å². The minimum atomic E-state index is -0.263. The van der Waals surface area contributed by atoms with Gasteiger partial charge in [0.25, 0.3) is 0 Å². The van der Waals surface area contributed by atoms with E-state index in [9.17, 15) is 0 Å². The number of rotatable bonds is 3. The first-order chi connectivity index (χ1) is 8.13. The summed E-state index contributed by atoms with van der Waals surface area (Å²) in [6, 6.07) is 0. The topological polar surface area (TPSA) is 47.0 Å². The molecule has 17 heavy (non-hydrogen) atoms. The molecule has 5 heteroatoms. The average Bonchev–Trinajstić information content (AvgIpc) is 2.82. The molecule has 1 aromatic rings. The Morgan fingerprint density at radius 2 is 1.94 bits per heavy atom. The van der Waals surface area contributed by atoms with Crippen molar-refractivity contribution in [3.8, 4) is 0 Å². The van der Waals surface area contributed by atoms with Crippen LogP contribution in [0.25, 0.3) is 0 Å². The second kappa shape index (κ2) is 5.06. The quantitative estimate of drug-likeness (QED) is 0.855. The van der Waals surface area contributed by atoms with Crippen molar-refractivity contribution in [2.24, 2.45) is 0 Å². The first kappa shape index (κ1) is 13.0. The van der Waals surface area contributed by atoms with Crippen molar-refractivity contribution in [3.05, 3.63) is 15.1 Å². The Hall–Kier alpha value is -0.430. The van der Waals surface area contributed by atoms with E-state index in [0.717, 1.165) is 33.7 Å². The van der Waals surface area contributed by atoms with Gasteiger partial charge >= 0.3 is 0 Å². The van der Waals surface area contributed by atoms with Crippen molar-refractivity contribution >= 4 is 28.4 Å². The molecule has 0 amide bonds. The largest absolute Gasteiger partial charge is 0.372 e. The van der Waals surface area contributed by atoms with Crippen LogP contribution in [0.2, 0.25) is 0 Å². The molecule has 1 heterocycles. The lowest BCUT2D eigenvalue weighted by Crippen LogP contribution is -2.28. The molecule has 1 aliphatic rings. The zero-order valence-corrected chi connectivity index (χ0v) is 12.7. The smallest absolute Gasteiger partial charge is 0.162 e. The lowest BCUT2D eigenvalue weighted by atomic mass is 10.0. The zero-order chi connectivity index (χ0) is 12.5. The molecule has 2 rings (SSSR count). The molecular weight excluding hydrogens is 329 g/mol. The summed E-state index contributed by atoms with van der Waals surface area (Å²) in [4.78, 5) is 9.24. The Morgan fingerprint density at radius 3 is 2.47 bits per heavy atom. The molecule has 1 N–H and O–H groups in total. The average molecular weight is 347 g/mol. The summed E-state index contributed by atoms with van der Waals surface area (Å²) in [5, 5.41) is 3.13. The second-order valence-corrected chi connectivity index (χ2v) is 5.53. The molecular formula is C12H18IN3O. The number of hydrogen-bond donors (Lipinski definition) is 1. The van der Waals surface area contributed by atoms with E-state index in [2.05, 4.69) is 37.9 Å². The van der Waals surface area contributed by atoms with Crippen LogP contribution in [0.15, 0.2) is 0 Å². The van der Waals surface area contributed by atoms with Crippen LogP contribution in [0.5, 0.6) is 0 Å². The lowest BCUT2D eigenvalue weighted by Gasteiger charge is -2.26.